The quantitative estimate of drug-likeness (QED) is 0.848. The first-order chi connectivity index (χ1) is 8.86. The van der Waals surface area contributed by atoms with E-state index in [1.165, 1.54) is 5.56 Å². The highest BCUT2D eigenvalue weighted by atomic mass is 15.1. The second-order valence-corrected chi connectivity index (χ2v) is 4.25. The van der Waals surface area contributed by atoms with Gasteiger partial charge in [-0.2, -0.15) is 0 Å². The minimum Gasteiger partial charge on any atom is -0.333 e. The lowest BCUT2D eigenvalue weighted by molar-refractivity contribution is 0.544. The van der Waals surface area contributed by atoms with Crippen LogP contribution in [0.1, 0.15) is 37.7 Å². The van der Waals surface area contributed by atoms with Crippen LogP contribution in [-0.4, -0.2) is 21.1 Å². The molecule has 0 aliphatic rings. The molecule has 2 heterocycles. The van der Waals surface area contributed by atoms with Gasteiger partial charge in [-0.25, -0.2) is 4.98 Å². The fourth-order valence-corrected chi connectivity index (χ4v) is 2.13. The molecule has 0 fully saturated rings. The van der Waals surface area contributed by atoms with Crippen LogP contribution in [0.25, 0.3) is 0 Å². The van der Waals surface area contributed by atoms with Crippen molar-refractivity contribution in [2.75, 3.05) is 6.54 Å². The molecule has 18 heavy (non-hydrogen) atoms. The van der Waals surface area contributed by atoms with Crippen molar-refractivity contribution < 1.29 is 0 Å². The molecule has 4 nitrogen and oxygen atoms in total. The number of aryl methyl sites for hydroxylation is 1. The summed E-state index contributed by atoms with van der Waals surface area (Å²) in [6, 6.07) is 4.22. The van der Waals surface area contributed by atoms with E-state index in [4.69, 9.17) is 0 Å². The van der Waals surface area contributed by atoms with Gasteiger partial charge in [-0.05, 0) is 30.7 Å². The van der Waals surface area contributed by atoms with Crippen LogP contribution in [0, 0.1) is 0 Å². The molecule has 0 radical (unpaired) electrons. The molecule has 2 aromatic rings. The molecule has 0 saturated heterocycles. The van der Waals surface area contributed by atoms with Crippen molar-refractivity contribution in [2.24, 2.45) is 0 Å². The first kappa shape index (κ1) is 12.8. The van der Waals surface area contributed by atoms with E-state index in [0.29, 0.717) is 0 Å². The number of aromatic nitrogens is 3. The Kier molecular flexibility index (Phi) is 4.47. The molecular weight excluding hydrogens is 224 g/mol. The predicted octanol–water partition coefficient (Wildman–Crippen LogP) is 2.39. The largest absolute Gasteiger partial charge is 0.333 e. The molecule has 2 aromatic heterocycles. The predicted molar refractivity (Wildman–Crippen MR) is 72.3 cm³/mol. The Bertz CT molecular complexity index is 464. The Hall–Kier alpha value is -1.68. The van der Waals surface area contributed by atoms with Gasteiger partial charge in [0.25, 0.3) is 0 Å². The number of pyridine rings is 1. The lowest BCUT2D eigenvalue weighted by Crippen LogP contribution is -2.25. The van der Waals surface area contributed by atoms with Crippen molar-refractivity contribution in [1.29, 1.82) is 0 Å². The van der Waals surface area contributed by atoms with Gasteiger partial charge in [0.05, 0.1) is 6.04 Å². The Balaban J connectivity index is 2.32. The maximum absolute atomic E-state index is 4.51. The van der Waals surface area contributed by atoms with E-state index in [0.717, 1.165) is 25.3 Å². The van der Waals surface area contributed by atoms with E-state index in [9.17, 15) is 0 Å². The van der Waals surface area contributed by atoms with Gasteiger partial charge in [-0.15, -0.1) is 0 Å². The molecule has 96 valence electrons. The lowest BCUT2D eigenvalue weighted by Gasteiger charge is -2.19. The van der Waals surface area contributed by atoms with Crippen LogP contribution >= 0.6 is 0 Å². The van der Waals surface area contributed by atoms with Crippen LogP contribution < -0.4 is 5.32 Å². The van der Waals surface area contributed by atoms with Crippen LogP contribution in [0.2, 0.25) is 0 Å². The fraction of sp³-hybridized carbons (Fsp3) is 0.429. The highest BCUT2D eigenvalue weighted by Crippen LogP contribution is 2.20. The third-order valence-corrected chi connectivity index (χ3v) is 2.92. The number of hydrogen-bond donors (Lipinski definition) is 1. The third-order valence-electron chi connectivity index (χ3n) is 2.92. The lowest BCUT2D eigenvalue weighted by atomic mass is 10.1. The van der Waals surface area contributed by atoms with Crippen molar-refractivity contribution >= 4 is 0 Å². The monoisotopic (exact) mass is 244 g/mol. The van der Waals surface area contributed by atoms with Gasteiger partial charge in [-0.1, -0.05) is 13.8 Å². The molecule has 1 atom stereocenters. The molecular formula is C14H20N4. The van der Waals surface area contributed by atoms with E-state index in [2.05, 4.69) is 33.7 Å². The van der Waals surface area contributed by atoms with E-state index in [-0.39, 0.29) is 6.04 Å². The summed E-state index contributed by atoms with van der Waals surface area (Å²) in [5, 5.41) is 3.49. The van der Waals surface area contributed by atoms with E-state index in [1.807, 2.05) is 36.9 Å². The molecule has 0 aromatic carbocycles. The molecule has 4 heteroatoms. The van der Waals surface area contributed by atoms with E-state index < -0.39 is 0 Å². The van der Waals surface area contributed by atoms with Crippen LogP contribution in [-0.2, 0) is 6.54 Å². The van der Waals surface area contributed by atoms with E-state index in [1.54, 1.807) is 0 Å². The van der Waals surface area contributed by atoms with Crippen molar-refractivity contribution in [2.45, 2.75) is 32.9 Å². The molecule has 0 aliphatic carbocycles. The van der Waals surface area contributed by atoms with E-state index >= 15 is 0 Å². The van der Waals surface area contributed by atoms with Crippen LogP contribution in [0.5, 0.6) is 0 Å². The second-order valence-electron chi connectivity index (χ2n) is 4.25. The van der Waals surface area contributed by atoms with Crippen LogP contribution in [0.15, 0.2) is 36.9 Å². The molecule has 0 aliphatic heterocycles. The number of nitrogens with one attached hydrogen (secondary N) is 1. The zero-order valence-electron chi connectivity index (χ0n) is 11.0. The zero-order chi connectivity index (χ0) is 12.8. The number of imidazole rings is 1. The smallest absolute Gasteiger partial charge is 0.130 e. The summed E-state index contributed by atoms with van der Waals surface area (Å²) in [4.78, 5) is 8.58. The average Bonchev–Trinajstić information content (AvgIpc) is 2.85. The first-order valence-corrected chi connectivity index (χ1v) is 6.51. The average molecular weight is 244 g/mol. The molecule has 0 saturated carbocycles. The van der Waals surface area contributed by atoms with Crippen molar-refractivity contribution in [1.82, 2.24) is 19.9 Å². The summed E-state index contributed by atoms with van der Waals surface area (Å²) in [6.45, 7) is 6.20. The summed E-state index contributed by atoms with van der Waals surface area (Å²) in [5.74, 6) is 1.07. The summed E-state index contributed by atoms with van der Waals surface area (Å²) in [6.07, 6.45) is 8.68. The normalized spacial score (nSPS) is 12.6. The maximum atomic E-state index is 4.51. The SMILES string of the molecule is CCCn1ccnc1C(NCC)c1ccncc1. The highest BCUT2D eigenvalue weighted by molar-refractivity contribution is 5.22. The molecule has 2 rings (SSSR count). The Morgan fingerprint density at radius 1 is 1.22 bits per heavy atom. The van der Waals surface area contributed by atoms with Gasteiger partial charge in [0.2, 0.25) is 0 Å². The molecule has 1 N–H and O–H groups in total. The molecule has 0 spiro atoms. The number of hydrogen-bond acceptors (Lipinski definition) is 3. The maximum Gasteiger partial charge on any atom is 0.130 e. The summed E-state index contributed by atoms with van der Waals surface area (Å²) in [5.41, 5.74) is 1.20. The minimum atomic E-state index is 0.138. The highest BCUT2D eigenvalue weighted by Gasteiger charge is 2.17. The van der Waals surface area contributed by atoms with Gasteiger partial charge in [0.1, 0.15) is 5.82 Å². The molecule has 0 bridgehead atoms. The molecule has 1 unspecified atom stereocenters. The summed E-state index contributed by atoms with van der Waals surface area (Å²) in [7, 11) is 0. The second kappa shape index (κ2) is 6.31. The first-order valence-electron chi connectivity index (χ1n) is 6.51. The van der Waals surface area contributed by atoms with Gasteiger partial charge in [0, 0.05) is 31.3 Å². The standard InChI is InChI=1S/C14H20N4/c1-3-10-18-11-9-17-14(18)13(16-4-2)12-5-7-15-8-6-12/h5-9,11,13,16H,3-4,10H2,1-2H3. The molecule has 0 amide bonds. The minimum absolute atomic E-state index is 0.138. The van der Waals surface area contributed by atoms with Crippen LogP contribution in [0.4, 0.5) is 0 Å². The number of rotatable bonds is 6. The van der Waals surface area contributed by atoms with Gasteiger partial charge in [0.15, 0.2) is 0 Å². The van der Waals surface area contributed by atoms with Gasteiger partial charge < -0.3 is 9.88 Å². The zero-order valence-corrected chi connectivity index (χ0v) is 11.0. The van der Waals surface area contributed by atoms with Crippen molar-refractivity contribution in [3.8, 4) is 0 Å². The number of nitrogens with zero attached hydrogens (tertiary/aromatic N) is 3. The van der Waals surface area contributed by atoms with Gasteiger partial charge in [-0.3, -0.25) is 4.98 Å². The fourth-order valence-electron chi connectivity index (χ4n) is 2.13. The Labute approximate surface area is 108 Å². The topological polar surface area (TPSA) is 42.7 Å². The van der Waals surface area contributed by atoms with Gasteiger partial charge >= 0.3 is 0 Å². The Morgan fingerprint density at radius 2 is 2.00 bits per heavy atom. The van der Waals surface area contributed by atoms with Crippen molar-refractivity contribution in [3.05, 3.63) is 48.3 Å². The Morgan fingerprint density at radius 3 is 2.67 bits per heavy atom. The summed E-state index contributed by atoms with van der Waals surface area (Å²) >= 11 is 0. The third kappa shape index (κ3) is 2.76. The summed E-state index contributed by atoms with van der Waals surface area (Å²) < 4.78 is 2.22. The van der Waals surface area contributed by atoms with Crippen molar-refractivity contribution in [3.63, 3.8) is 0 Å². The van der Waals surface area contributed by atoms with Crippen LogP contribution in [0.3, 0.4) is 0 Å².